The third kappa shape index (κ3) is 7.28. The molecule has 0 radical (unpaired) electrons. The third-order valence-corrected chi connectivity index (χ3v) is 5.62. The number of amides is 2. The van der Waals surface area contributed by atoms with Gasteiger partial charge >= 0.3 is 11.8 Å². The van der Waals surface area contributed by atoms with Gasteiger partial charge < -0.3 is 29.4 Å². The lowest BCUT2D eigenvalue weighted by Gasteiger charge is -2.39. The van der Waals surface area contributed by atoms with Gasteiger partial charge in [-0.05, 0) is 50.2 Å². The Labute approximate surface area is 199 Å². The molecule has 2 aromatic rings. The molecule has 0 bridgehead atoms. The van der Waals surface area contributed by atoms with Crippen LogP contribution in [0, 0.1) is 5.82 Å². The highest BCUT2D eigenvalue weighted by Crippen LogP contribution is 2.24. The van der Waals surface area contributed by atoms with Crippen LogP contribution in [0.5, 0.6) is 0 Å². The quantitative estimate of drug-likeness (QED) is 0.378. The molecule has 3 rings (SSSR count). The monoisotopic (exact) mass is 476 g/mol. The zero-order valence-corrected chi connectivity index (χ0v) is 19.7. The van der Waals surface area contributed by atoms with E-state index in [4.69, 9.17) is 13.9 Å². The number of nitrogens with zero attached hydrogens (tertiary/aromatic N) is 2. The summed E-state index contributed by atoms with van der Waals surface area (Å²) in [6, 6.07) is 9.90. The fraction of sp³-hybridized carbons (Fsp3) is 0.500. The summed E-state index contributed by atoms with van der Waals surface area (Å²) in [6.07, 6.45) is 0.993. The molecule has 186 valence electrons. The predicted octanol–water partition coefficient (Wildman–Crippen LogP) is 1.91. The SMILES string of the molecule is CCOC(CNC(=O)C(=O)NCC(c1ccco1)N1CCN(c2ccc(F)cc2)CC1)OCC. The molecule has 2 amide bonds. The van der Waals surface area contributed by atoms with E-state index in [1.165, 1.54) is 12.1 Å². The molecule has 1 aliphatic rings. The van der Waals surface area contributed by atoms with E-state index in [0.29, 0.717) is 19.0 Å². The minimum atomic E-state index is -0.747. The van der Waals surface area contributed by atoms with Crippen LogP contribution >= 0.6 is 0 Å². The van der Waals surface area contributed by atoms with E-state index < -0.39 is 18.1 Å². The standard InChI is InChI=1S/C24H33FN4O5/c1-3-32-22(33-4-2)17-27-24(31)23(30)26-16-20(21-6-5-15-34-21)29-13-11-28(12-14-29)19-9-7-18(25)8-10-19/h5-10,15,20,22H,3-4,11-14,16-17H2,1-2H3,(H,26,30)(H,27,31). The highest BCUT2D eigenvalue weighted by Gasteiger charge is 2.28. The average molecular weight is 477 g/mol. The highest BCUT2D eigenvalue weighted by molar-refractivity contribution is 6.35. The van der Waals surface area contributed by atoms with Crippen molar-refractivity contribution in [3.8, 4) is 0 Å². The van der Waals surface area contributed by atoms with Crippen LogP contribution in [0.1, 0.15) is 25.6 Å². The van der Waals surface area contributed by atoms with Gasteiger partial charge in [0, 0.05) is 51.6 Å². The van der Waals surface area contributed by atoms with Crippen molar-refractivity contribution in [3.05, 3.63) is 54.2 Å². The van der Waals surface area contributed by atoms with Crippen molar-refractivity contribution in [3.63, 3.8) is 0 Å². The second kappa shape index (κ2) is 13.1. The van der Waals surface area contributed by atoms with Crippen molar-refractivity contribution in [2.24, 2.45) is 0 Å². The molecular formula is C24H33FN4O5. The summed E-state index contributed by atoms with van der Waals surface area (Å²) in [7, 11) is 0. The minimum Gasteiger partial charge on any atom is -0.468 e. The number of anilines is 1. The Balaban J connectivity index is 1.53. The van der Waals surface area contributed by atoms with Crippen LogP contribution in [0.2, 0.25) is 0 Å². The van der Waals surface area contributed by atoms with Gasteiger partial charge in [-0.2, -0.15) is 0 Å². The molecule has 0 spiro atoms. The number of furan rings is 1. The van der Waals surface area contributed by atoms with Crippen molar-refractivity contribution >= 4 is 17.5 Å². The van der Waals surface area contributed by atoms with Crippen LogP contribution in [0.25, 0.3) is 0 Å². The lowest BCUT2D eigenvalue weighted by molar-refractivity contribution is -0.146. The maximum absolute atomic E-state index is 13.2. The first-order chi connectivity index (χ1) is 16.5. The van der Waals surface area contributed by atoms with Crippen molar-refractivity contribution in [1.29, 1.82) is 0 Å². The lowest BCUT2D eigenvalue weighted by Crippen LogP contribution is -2.51. The second-order valence-corrected chi connectivity index (χ2v) is 7.79. The molecule has 10 heteroatoms. The minimum absolute atomic E-state index is 0.0842. The van der Waals surface area contributed by atoms with Crippen molar-refractivity contribution in [2.45, 2.75) is 26.2 Å². The van der Waals surface area contributed by atoms with E-state index in [1.54, 1.807) is 24.5 Å². The number of carbonyl (C=O) groups excluding carboxylic acids is 2. The lowest BCUT2D eigenvalue weighted by atomic mass is 10.1. The predicted molar refractivity (Wildman–Crippen MR) is 125 cm³/mol. The van der Waals surface area contributed by atoms with Crippen LogP contribution in [-0.2, 0) is 19.1 Å². The topological polar surface area (TPSA) is 96.3 Å². The normalized spacial score (nSPS) is 15.4. The van der Waals surface area contributed by atoms with Gasteiger partial charge in [0.05, 0.1) is 18.8 Å². The molecule has 2 heterocycles. The fourth-order valence-electron chi connectivity index (χ4n) is 3.90. The Bertz CT molecular complexity index is 879. The van der Waals surface area contributed by atoms with E-state index in [-0.39, 0.29) is 24.9 Å². The number of piperazine rings is 1. The average Bonchev–Trinajstić information content (AvgIpc) is 3.38. The van der Waals surface area contributed by atoms with Gasteiger partial charge in [-0.1, -0.05) is 0 Å². The number of rotatable bonds is 11. The molecule has 2 N–H and O–H groups in total. The van der Waals surface area contributed by atoms with E-state index in [0.717, 1.165) is 31.9 Å². The number of carbonyl (C=O) groups is 2. The van der Waals surface area contributed by atoms with E-state index >= 15 is 0 Å². The number of hydrogen-bond acceptors (Lipinski definition) is 7. The van der Waals surface area contributed by atoms with Crippen LogP contribution in [0.15, 0.2) is 47.1 Å². The number of ether oxygens (including phenoxy) is 2. The van der Waals surface area contributed by atoms with Crippen LogP contribution in [0.4, 0.5) is 10.1 Å². The molecule has 9 nitrogen and oxygen atoms in total. The maximum Gasteiger partial charge on any atom is 0.309 e. The van der Waals surface area contributed by atoms with Crippen LogP contribution in [-0.4, -0.2) is 75.5 Å². The number of benzene rings is 1. The zero-order chi connectivity index (χ0) is 24.3. The molecule has 1 aromatic carbocycles. The molecule has 1 aromatic heterocycles. The summed E-state index contributed by atoms with van der Waals surface area (Å²) in [5.41, 5.74) is 0.970. The zero-order valence-electron chi connectivity index (χ0n) is 19.7. The fourth-order valence-corrected chi connectivity index (χ4v) is 3.90. The first-order valence-corrected chi connectivity index (χ1v) is 11.6. The first kappa shape index (κ1) is 25.7. The van der Waals surface area contributed by atoms with Crippen molar-refractivity contribution in [1.82, 2.24) is 15.5 Å². The van der Waals surface area contributed by atoms with Gasteiger partial charge in [0.15, 0.2) is 6.29 Å². The Morgan fingerprint density at radius 1 is 0.971 bits per heavy atom. The summed E-state index contributed by atoms with van der Waals surface area (Å²) in [6.45, 7) is 7.75. The van der Waals surface area contributed by atoms with Crippen molar-refractivity contribution < 1.29 is 27.9 Å². The molecular weight excluding hydrogens is 443 g/mol. The molecule has 1 fully saturated rings. The Morgan fingerprint density at radius 3 is 2.15 bits per heavy atom. The van der Waals surface area contributed by atoms with Gasteiger partial charge in [-0.15, -0.1) is 0 Å². The van der Waals surface area contributed by atoms with Gasteiger partial charge in [-0.25, -0.2) is 4.39 Å². The summed E-state index contributed by atoms with van der Waals surface area (Å²) in [5, 5.41) is 5.26. The summed E-state index contributed by atoms with van der Waals surface area (Å²) in [5.74, 6) is -1.02. The van der Waals surface area contributed by atoms with E-state index in [1.807, 2.05) is 19.9 Å². The molecule has 0 saturated carbocycles. The molecule has 1 saturated heterocycles. The largest absolute Gasteiger partial charge is 0.468 e. The molecule has 1 unspecified atom stereocenters. The van der Waals surface area contributed by atoms with E-state index in [9.17, 15) is 14.0 Å². The second-order valence-electron chi connectivity index (χ2n) is 7.79. The number of halogens is 1. The number of hydrogen-bond donors (Lipinski definition) is 2. The number of nitrogens with one attached hydrogen (secondary N) is 2. The van der Waals surface area contributed by atoms with Crippen LogP contribution < -0.4 is 15.5 Å². The molecule has 1 aliphatic heterocycles. The smallest absolute Gasteiger partial charge is 0.309 e. The Hall–Kier alpha value is -2.95. The summed E-state index contributed by atoms with van der Waals surface area (Å²) in [4.78, 5) is 29.0. The molecule has 0 aliphatic carbocycles. The Morgan fingerprint density at radius 2 is 1.59 bits per heavy atom. The molecule has 1 atom stereocenters. The summed E-state index contributed by atoms with van der Waals surface area (Å²) >= 11 is 0. The van der Waals surface area contributed by atoms with Crippen LogP contribution in [0.3, 0.4) is 0 Å². The van der Waals surface area contributed by atoms with Gasteiger partial charge in [0.2, 0.25) is 0 Å². The summed E-state index contributed by atoms with van der Waals surface area (Å²) < 4.78 is 29.6. The van der Waals surface area contributed by atoms with Gasteiger partial charge in [0.1, 0.15) is 11.6 Å². The highest BCUT2D eigenvalue weighted by atomic mass is 19.1. The first-order valence-electron chi connectivity index (χ1n) is 11.6. The molecule has 34 heavy (non-hydrogen) atoms. The van der Waals surface area contributed by atoms with E-state index in [2.05, 4.69) is 20.4 Å². The Kier molecular flexibility index (Phi) is 9.87. The van der Waals surface area contributed by atoms with Gasteiger partial charge in [-0.3, -0.25) is 14.5 Å². The third-order valence-electron chi connectivity index (χ3n) is 5.62. The van der Waals surface area contributed by atoms with Gasteiger partial charge in [0.25, 0.3) is 0 Å². The van der Waals surface area contributed by atoms with Crippen molar-refractivity contribution in [2.75, 3.05) is 57.4 Å². The maximum atomic E-state index is 13.2.